The molecule has 0 saturated carbocycles. The van der Waals surface area contributed by atoms with Gasteiger partial charge in [-0.15, -0.1) is 0 Å². The van der Waals surface area contributed by atoms with Gasteiger partial charge in [0, 0.05) is 29.0 Å². The Hall–Kier alpha value is 0.0364. The van der Waals surface area contributed by atoms with E-state index in [1.54, 1.807) is 18.2 Å². The molecular formula is C13H12KNO4S2. The predicted molar refractivity (Wildman–Crippen MR) is 82.0 cm³/mol. The second-order valence-corrected chi connectivity index (χ2v) is 5.39. The fourth-order valence-electron chi connectivity index (χ4n) is 1.72. The van der Waals surface area contributed by atoms with E-state index in [1.807, 2.05) is 6.92 Å². The van der Waals surface area contributed by atoms with Gasteiger partial charge in [-0.25, -0.2) is 9.59 Å². The minimum absolute atomic E-state index is 0. The van der Waals surface area contributed by atoms with Crippen LogP contribution in [0, 0.1) is 6.92 Å². The number of ether oxygens (including phenoxy) is 1. The Morgan fingerprint density at radius 3 is 2.90 bits per heavy atom. The molecule has 1 N–H and O–H groups in total. The molecule has 0 atom stereocenters. The predicted octanol–water partition coefficient (Wildman–Crippen LogP) is -0.151. The largest absolute Gasteiger partial charge is 1.00 e. The number of hydrogen-bond donors (Lipinski definition) is 1. The second-order valence-electron chi connectivity index (χ2n) is 4.04. The van der Waals surface area contributed by atoms with Crippen molar-refractivity contribution < 1.29 is 65.3 Å². The van der Waals surface area contributed by atoms with Crippen LogP contribution in [0.1, 0.15) is 5.56 Å². The molecule has 1 heterocycles. The number of nitrogens with one attached hydrogen (secondary N) is 1. The molecule has 1 aromatic carbocycles. The van der Waals surface area contributed by atoms with Crippen LogP contribution in [0.2, 0.25) is 0 Å². The van der Waals surface area contributed by atoms with Crippen molar-refractivity contribution in [1.29, 1.82) is 0 Å². The first-order valence-electron chi connectivity index (χ1n) is 5.83. The van der Waals surface area contributed by atoms with Crippen molar-refractivity contribution in [2.24, 2.45) is 0 Å². The zero-order valence-corrected chi connectivity index (χ0v) is 16.4. The van der Waals surface area contributed by atoms with E-state index in [9.17, 15) is 9.59 Å². The van der Waals surface area contributed by atoms with Gasteiger partial charge in [0.05, 0.1) is 0 Å². The van der Waals surface area contributed by atoms with Crippen molar-refractivity contribution in [1.82, 2.24) is 0 Å². The second kappa shape index (κ2) is 9.24. The molecule has 5 nitrogen and oxygen atoms in total. The first-order chi connectivity index (χ1) is 9.60. The van der Waals surface area contributed by atoms with Gasteiger partial charge in [-0.05, 0) is 24.6 Å². The van der Waals surface area contributed by atoms with Gasteiger partial charge in [-0.3, -0.25) is 5.32 Å². The van der Waals surface area contributed by atoms with Gasteiger partial charge in [-0.1, -0.05) is 0 Å². The molecule has 2 rings (SSSR count). The molecule has 0 bridgehead atoms. The van der Waals surface area contributed by atoms with Crippen LogP contribution in [0.4, 0.5) is 10.5 Å². The summed E-state index contributed by atoms with van der Waals surface area (Å²) in [7, 11) is 1.18. The van der Waals surface area contributed by atoms with Crippen molar-refractivity contribution >= 4 is 45.2 Å². The Bertz CT molecular complexity index is 689. The Balaban J connectivity index is 0.00000220. The fraction of sp³-hybridized carbons (Fsp3) is 0.231. The molecule has 0 radical (unpaired) electrons. The molecule has 21 heavy (non-hydrogen) atoms. The minimum atomic E-state index is -0.566. The number of rotatable bonds is 4. The summed E-state index contributed by atoms with van der Waals surface area (Å²) in [6, 6.07) is 6.52. The van der Waals surface area contributed by atoms with E-state index < -0.39 is 11.7 Å². The number of amides is 1. The molecule has 0 fully saturated rings. The van der Waals surface area contributed by atoms with Crippen molar-refractivity contribution in [2.45, 2.75) is 6.92 Å². The summed E-state index contributed by atoms with van der Waals surface area (Å²) in [5.74, 6) is 0.564. The Morgan fingerprint density at radius 2 is 2.19 bits per heavy atom. The number of fused-ring (bicyclic) bond motifs is 1. The molecule has 0 aliphatic heterocycles. The van der Waals surface area contributed by atoms with Crippen molar-refractivity contribution in [3.8, 4) is 0 Å². The maximum Gasteiger partial charge on any atom is 1.00 e. The normalized spacial score (nSPS) is 10.0. The minimum Gasteiger partial charge on any atom is -0.719 e. The summed E-state index contributed by atoms with van der Waals surface area (Å²) in [6.07, 6.45) is -0.566. The van der Waals surface area contributed by atoms with Gasteiger partial charge in [0.2, 0.25) is 0 Å². The molecule has 8 heteroatoms. The third-order valence-electron chi connectivity index (χ3n) is 2.60. The smallest absolute Gasteiger partial charge is 0.719 e. The van der Waals surface area contributed by atoms with Gasteiger partial charge in [0.1, 0.15) is 12.2 Å². The first-order valence-corrected chi connectivity index (χ1v) is 7.74. The number of carbonyl (C=O) groups is 1. The van der Waals surface area contributed by atoms with Crippen LogP contribution < -0.4 is 62.3 Å². The number of benzene rings is 1. The molecule has 0 spiro atoms. The van der Waals surface area contributed by atoms with Gasteiger partial charge < -0.3 is 31.6 Å². The van der Waals surface area contributed by atoms with Crippen LogP contribution in [-0.4, -0.2) is 18.5 Å². The van der Waals surface area contributed by atoms with Crippen LogP contribution >= 0.6 is 10.8 Å². The fourth-order valence-corrected chi connectivity index (χ4v) is 2.08. The Morgan fingerprint density at radius 1 is 1.43 bits per heavy atom. The quantitative estimate of drug-likeness (QED) is 0.272. The van der Waals surface area contributed by atoms with Crippen LogP contribution in [0.25, 0.3) is 11.0 Å². The van der Waals surface area contributed by atoms with E-state index in [1.165, 1.54) is 16.9 Å². The van der Waals surface area contributed by atoms with E-state index in [4.69, 9.17) is 9.15 Å². The van der Waals surface area contributed by atoms with Crippen LogP contribution in [0.15, 0.2) is 33.5 Å². The van der Waals surface area contributed by atoms with E-state index in [0.29, 0.717) is 17.0 Å². The molecule has 2 aromatic rings. The van der Waals surface area contributed by atoms with E-state index in [0.717, 1.165) is 10.9 Å². The van der Waals surface area contributed by atoms with E-state index in [2.05, 4.69) is 17.0 Å². The van der Waals surface area contributed by atoms with Gasteiger partial charge in [0.25, 0.3) is 0 Å². The van der Waals surface area contributed by atoms with Gasteiger partial charge in [0.15, 0.2) is 0 Å². The average Bonchev–Trinajstić information content (AvgIpc) is 2.38. The summed E-state index contributed by atoms with van der Waals surface area (Å²) in [4.78, 5) is 22.8. The topological polar surface area (TPSA) is 68.5 Å². The number of aryl methyl sites for hydroxylation is 1. The van der Waals surface area contributed by atoms with Crippen molar-refractivity contribution in [3.63, 3.8) is 0 Å². The van der Waals surface area contributed by atoms with Crippen LogP contribution in [0.5, 0.6) is 0 Å². The van der Waals surface area contributed by atoms with Gasteiger partial charge in [-0.2, -0.15) is 0 Å². The molecular weight excluding hydrogens is 337 g/mol. The maximum absolute atomic E-state index is 11.5. The van der Waals surface area contributed by atoms with Crippen LogP contribution in [-0.2, 0) is 16.4 Å². The van der Waals surface area contributed by atoms with Crippen LogP contribution in [0.3, 0.4) is 0 Å². The zero-order valence-electron chi connectivity index (χ0n) is 11.7. The van der Waals surface area contributed by atoms with Crippen molar-refractivity contribution in [3.05, 3.63) is 40.2 Å². The SMILES string of the molecule is Cc1cc(=O)oc2cc(NC(=O)OCCS[S-])ccc12.[K+]. The molecule has 106 valence electrons. The maximum atomic E-state index is 11.5. The summed E-state index contributed by atoms with van der Waals surface area (Å²) in [6.45, 7) is 2.08. The first kappa shape index (κ1) is 19.1. The molecule has 0 aliphatic carbocycles. The molecule has 0 saturated heterocycles. The standard InChI is InChI=1S/C13H13NO4S2.K/c1-8-6-12(15)18-11-7-9(2-3-10(8)11)14-13(16)17-4-5-20-19;/h2-3,6-7,19H,4-5H2,1H3,(H,14,16);/q;+1/p-1. The summed E-state index contributed by atoms with van der Waals surface area (Å²) < 4.78 is 10.0. The molecule has 1 aromatic heterocycles. The molecule has 0 aliphatic rings. The molecule has 0 unspecified atom stereocenters. The third kappa shape index (κ3) is 5.63. The summed E-state index contributed by atoms with van der Waals surface area (Å²) >= 11 is 4.67. The van der Waals surface area contributed by atoms with E-state index >= 15 is 0 Å². The zero-order chi connectivity index (χ0) is 14.5. The average molecular weight is 349 g/mol. The Labute approximate surface area is 173 Å². The number of carbonyl (C=O) groups excluding carboxylic acids is 1. The number of anilines is 1. The number of hydrogen-bond acceptors (Lipinski definition) is 6. The Kier molecular flexibility index (Phi) is 8.39. The molecule has 1 amide bonds. The summed E-state index contributed by atoms with van der Waals surface area (Å²) in [5.41, 5.74) is 1.33. The summed E-state index contributed by atoms with van der Waals surface area (Å²) in [5, 5.41) is 3.39. The monoisotopic (exact) mass is 349 g/mol. The third-order valence-corrected chi connectivity index (χ3v) is 3.43. The van der Waals surface area contributed by atoms with Crippen molar-refractivity contribution in [2.75, 3.05) is 17.7 Å². The van der Waals surface area contributed by atoms with Gasteiger partial charge >= 0.3 is 63.1 Å². The van der Waals surface area contributed by atoms with E-state index in [-0.39, 0.29) is 58.0 Å².